The van der Waals surface area contributed by atoms with E-state index >= 15 is 0 Å². The van der Waals surface area contributed by atoms with E-state index in [1.807, 2.05) is 19.1 Å². The van der Waals surface area contributed by atoms with Gasteiger partial charge >= 0.3 is 0 Å². The Morgan fingerprint density at radius 3 is 2.94 bits per heavy atom. The summed E-state index contributed by atoms with van der Waals surface area (Å²) in [5.41, 5.74) is 1.46. The fourth-order valence-electron chi connectivity index (χ4n) is 1.35. The number of alkyl halides is 1. The lowest BCUT2D eigenvalue weighted by Crippen LogP contribution is -2.07. The minimum Gasteiger partial charge on any atom is -0.370 e. The van der Waals surface area contributed by atoms with Crippen molar-refractivity contribution in [1.29, 1.82) is 0 Å². The average molecular weight is 237 g/mol. The molecule has 1 atom stereocenters. The Morgan fingerprint density at radius 2 is 2.12 bits per heavy atom. The molecule has 84 valence electrons. The molecule has 4 nitrogen and oxygen atoms in total. The van der Waals surface area contributed by atoms with Gasteiger partial charge in [-0.2, -0.15) is 0 Å². The van der Waals surface area contributed by atoms with Gasteiger partial charge in [0, 0.05) is 24.3 Å². The van der Waals surface area contributed by atoms with E-state index in [4.69, 9.17) is 11.6 Å². The molecule has 2 aromatic rings. The third kappa shape index (κ3) is 2.79. The first-order chi connectivity index (χ1) is 7.75. The second-order valence-electron chi connectivity index (χ2n) is 3.59. The molecule has 0 aliphatic carbocycles. The molecule has 0 aliphatic rings. The van der Waals surface area contributed by atoms with Crippen LogP contribution in [-0.2, 0) is 0 Å². The predicted octanol–water partition coefficient (Wildman–Crippen LogP) is 2.45. The van der Waals surface area contributed by atoms with E-state index in [2.05, 4.69) is 20.3 Å². The molecule has 0 radical (unpaired) electrons. The van der Waals surface area contributed by atoms with E-state index in [0.717, 1.165) is 24.3 Å². The normalized spacial score (nSPS) is 12.6. The molecule has 2 rings (SSSR count). The van der Waals surface area contributed by atoms with Crippen LogP contribution in [0.2, 0.25) is 0 Å². The van der Waals surface area contributed by atoms with Gasteiger partial charge in [0.2, 0.25) is 0 Å². The lowest BCUT2D eigenvalue weighted by molar-refractivity contribution is 0.840. The first kappa shape index (κ1) is 11.1. The number of hydrogen-bond acceptors (Lipinski definition) is 4. The lowest BCUT2D eigenvalue weighted by Gasteiger charge is -2.06. The second kappa shape index (κ2) is 5.07. The number of aromatic nitrogens is 3. The number of rotatable bonds is 4. The summed E-state index contributed by atoms with van der Waals surface area (Å²) in [6.45, 7) is 2.78. The summed E-state index contributed by atoms with van der Waals surface area (Å²) in [7, 11) is 0. The summed E-state index contributed by atoms with van der Waals surface area (Å²) in [6, 6.07) is 3.80. The molecule has 0 aliphatic heterocycles. The van der Waals surface area contributed by atoms with E-state index in [9.17, 15) is 0 Å². The molecule has 0 spiro atoms. The molecule has 0 fully saturated rings. The van der Waals surface area contributed by atoms with E-state index < -0.39 is 0 Å². The van der Waals surface area contributed by atoms with Crippen molar-refractivity contribution in [2.24, 2.45) is 0 Å². The van der Waals surface area contributed by atoms with Crippen LogP contribution in [0.4, 0.5) is 5.82 Å². The molecule has 1 unspecified atom stereocenters. The van der Waals surface area contributed by atoms with Crippen LogP contribution in [-0.4, -0.2) is 26.9 Å². The molecule has 2 aromatic heterocycles. The van der Waals surface area contributed by atoms with E-state index in [1.165, 1.54) is 0 Å². The Morgan fingerprint density at radius 1 is 1.31 bits per heavy atom. The molecule has 0 aromatic carbocycles. The van der Waals surface area contributed by atoms with Crippen molar-refractivity contribution in [3.8, 4) is 0 Å². The number of fused-ring (bicyclic) bond motifs is 1. The molecule has 16 heavy (non-hydrogen) atoms. The number of halogens is 1. The van der Waals surface area contributed by atoms with Crippen LogP contribution in [0.1, 0.15) is 13.3 Å². The lowest BCUT2D eigenvalue weighted by atomic mass is 10.3. The Kier molecular flexibility index (Phi) is 3.51. The van der Waals surface area contributed by atoms with Crippen LogP contribution in [0.15, 0.2) is 24.5 Å². The van der Waals surface area contributed by atoms with Crippen LogP contribution in [0.5, 0.6) is 0 Å². The first-order valence-electron chi connectivity index (χ1n) is 5.21. The van der Waals surface area contributed by atoms with Crippen LogP contribution < -0.4 is 5.32 Å². The summed E-state index contributed by atoms with van der Waals surface area (Å²) in [5, 5.41) is 3.38. The molecule has 0 amide bonds. The highest BCUT2D eigenvalue weighted by atomic mass is 35.5. The number of hydrogen-bond donors (Lipinski definition) is 1. The quantitative estimate of drug-likeness (QED) is 0.829. The maximum Gasteiger partial charge on any atom is 0.180 e. The number of nitrogens with one attached hydrogen (secondary N) is 1. The second-order valence-corrected chi connectivity index (χ2v) is 4.34. The highest BCUT2D eigenvalue weighted by molar-refractivity contribution is 6.20. The van der Waals surface area contributed by atoms with Crippen molar-refractivity contribution in [2.75, 3.05) is 11.9 Å². The maximum atomic E-state index is 5.86. The van der Waals surface area contributed by atoms with E-state index in [1.54, 1.807) is 12.4 Å². The number of pyridine rings is 1. The highest BCUT2D eigenvalue weighted by Gasteiger charge is 2.00. The van der Waals surface area contributed by atoms with E-state index in [-0.39, 0.29) is 5.38 Å². The minimum atomic E-state index is 0.174. The third-order valence-corrected chi connectivity index (χ3v) is 2.40. The predicted molar refractivity (Wildman–Crippen MR) is 65.8 cm³/mol. The monoisotopic (exact) mass is 236 g/mol. The number of anilines is 1. The van der Waals surface area contributed by atoms with Gasteiger partial charge in [0.05, 0.1) is 0 Å². The molecule has 5 heteroatoms. The highest BCUT2D eigenvalue weighted by Crippen LogP contribution is 2.10. The van der Waals surface area contributed by atoms with Gasteiger partial charge < -0.3 is 5.32 Å². The molecule has 0 saturated heterocycles. The maximum absolute atomic E-state index is 5.86. The Hall–Kier alpha value is -1.42. The van der Waals surface area contributed by atoms with Crippen LogP contribution in [0.3, 0.4) is 0 Å². The van der Waals surface area contributed by atoms with Crippen LogP contribution in [0.25, 0.3) is 11.2 Å². The molecule has 0 saturated carbocycles. The third-order valence-electron chi connectivity index (χ3n) is 2.18. The Labute approximate surface area is 99.1 Å². The summed E-state index contributed by atoms with van der Waals surface area (Å²) in [4.78, 5) is 12.6. The zero-order valence-electron chi connectivity index (χ0n) is 9.02. The minimum absolute atomic E-state index is 0.174. The van der Waals surface area contributed by atoms with Crippen LogP contribution >= 0.6 is 11.6 Å². The van der Waals surface area contributed by atoms with Gasteiger partial charge in [-0.1, -0.05) is 0 Å². The largest absolute Gasteiger partial charge is 0.370 e. The molecular formula is C11H13ClN4. The standard InChI is InChI=1S/C11H13ClN4/c1-8(12)4-5-14-10-3-2-9-11(16-10)15-7-6-13-9/h2-3,6-8H,4-5H2,1H3,(H,14,15,16). The zero-order valence-corrected chi connectivity index (χ0v) is 9.78. The summed E-state index contributed by atoms with van der Waals surface area (Å²) in [5.74, 6) is 0.810. The fraction of sp³-hybridized carbons (Fsp3) is 0.364. The van der Waals surface area contributed by atoms with Crippen molar-refractivity contribution in [3.05, 3.63) is 24.5 Å². The van der Waals surface area contributed by atoms with Gasteiger partial charge in [0.25, 0.3) is 0 Å². The fourth-order valence-corrected chi connectivity index (χ4v) is 1.46. The summed E-state index contributed by atoms with van der Waals surface area (Å²) in [6.07, 6.45) is 4.20. The SMILES string of the molecule is CC(Cl)CCNc1ccc2nccnc2n1. The molecule has 2 heterocycles. The van der Waals surface area contributed by atoms with E-state index in [0.29, 0.717) is 5.65 Å². The average Bonchev–Trinajstić information content (AvgIpc) is 2.28. The van der Waals surface area contributed by atoms with Gasteiger partial charge in [-0.15, -0.1) is 11.6 Å². The topological polar surface area (TPSA) is 50.7 Å². The molecule has 0 bridgehead atoms. The zero-order chi connectivity index (χ0) is 11.4. The Bertz CT molecular complexity index is 472. The van der Waals surface area contributed by atoms with Gasteiger partial charge in [0.1, 0.15) is 11.3 Å². The Balaban J connectivity index is 2.08. The van der Waals surface area contributed by atoms with Gasteiger partial charge in [-0.05, 0) is 25.5 Å². The smallest absolute Gasteiger partial charge is 0.180 e. The van der Waals surface area contributed by atoms with Crippen molar-refractivity contribution in [2.45, 2.75) is 18.7 Å². The van der Waals surface area contributed by atoms with Crippen LogP contribution in [0, 0.1) is 0 Å². The summed E-state index contributed by atoms with van der Waals surface area (Å²) >= 11 is 5.86. The van der Waals surface area contributed by atoms with Gasteiger partial charge in [-0.3, -0.25) is 4.98 Å². The first-order valence-corrected chi connectivity index (χ1v) is 5.65. The van der Waals surface area contributed by atoms with Crippen molar-refractivity contribution in [3.63, 3.8) is 0 Å². The van der Waals surface area contributed by atoms with Gasteiger partial charge in [-0.25, -0.2) is 9.97 Å². The summed E-state index contributed by atoms with van der Waals surface area (Å²) < 4.78 is 0. The van der Waals surface area contributed by atoms with Crippen molar-refractivity contribution >= 4 is 28.6 Å². The van der Waals surface area contributed by atoms with Crippen molar-refractivity contribution in [1.82, 2.24) is 15.0 Å². The molecule has 1 N–H and O–H groups in total. The number of nitrogens with zero attached hydrogens (tertiary/aromatic N) is 3. The van der Waals surface area contributed by atoms with Gasteiger partial charge in [0.15, 0.2) is 5.65 Å². The molecular weight excluding hydrogens is 224 g/mol. The van der Waals surface area contributed by atoms with Crippen molar-refractivity contribution < 1.29 is 0 Å².